The third kappa shape index (κ3) is 2.45. The Balaban J connectivity index is 3.09. The van der Waals surface area contributed by atoms with Gasteiger partial charge in [-0.2, -0.15) is 0 Å². The van der Waals surface area contributed by atoms with E-state index >= 15 is 0 Å². The van der Waals surface area contributed by atoms with Crippen LogP contribution in [-0.4, -0.2) is 34.3 Å². The molecule has 0 fully saturated rings. The van der Waals surface area contributed by atoms with Crippen LogP contribution in [0.2, 0.25) is 0 Å². The molecule has 0 aliphatic rings. The number of ether oxygens (including phenoxy) is 1. The summed E-state index contributed by atoms with van der Waals surface area (Å²) in [6.07, 6.45) is 1.18. The van der Waals surface area contributed by atoms with Crippen LogP contribution in [0.4, 0.5) is 0 Å². The number of carbonyl (C=O) groups is 1. The molecule has 0 spiro atoms. The average molecular weight is 230 g/mol. The largest absolute Gasteiger partial charge is 0.464 e. The summed E-state index contributed by atoms with van der Waals surface area (Å²) in [6.45, 7) is 0.0819. The molecule has 0 unspecified atom stereocenters. The van der Waals surface area contributed by atoms with Crippen LogP contribution in [0.5, 0.6) is 0 Å². The third-order valence-corrected chi connectivity index (χ3v) is 2.57. The van der Waals surface area contributed by atoms with Crippen LogP contribution in [0.1, 0.15) is 22.6 Å². The van der Waals surface area contributed by atoms with E-state index in [9.17, 15) is 4.79 Å². The van der Waals surface area contributed by atoms with E-state index in [0.717, 1.165) is 5.69 Å². The molecular formula is C9H14N2O3S. The second-order valence-electron chi connectivity index (χ2n) is 3.13. The van der Waals surface area contributed by atoms with Crippen LogP contribution in [0.3, 0.4) is 0 Å². The highest BCUT2D eigenvalue weighted by Crippen LogP contribution is 2.11. The summed E-state index contributed by atoms with van der Waals surface area (Å²) in [6, 6.07) is 0. The second-order valence-corrected chi connectivity index (χ2v) is 3.52. The maximum Gasteiger partial charge on any atom is 0.356 e. The summed E-state index contributed by atoms with van der Waals surface area (Å²) in [7, 11) is 3.10. The Morgan fingerprint density at radius 3 is 2.87 bits per heavy atom. The zero-order valence-electron chi connectivity index (χ0n) is 8.74. The number of rotatable bonds is 4. The van der Waals surface area contributed by atoms with Gasteiger partial charge in [0, 0.05) is 13.7 Å². The summed E-state index contributed by atoms with van der Waals surface area (Å²) in [5, 5.41) is 8.75. The van der Waals surface area contributed by atoms with Gasteiger partial charge in [-0.25, -0.2) is 4.79 Å². The molecule has 0 saturated heterocycles. The molecule has 0 aliphatic heterocycles. The van der Waals surface area contributed by atoms with Crippen molar-refractivity contribution in [3.63, 3.8) is 0 Å². The van der Waals surface area contributed by atoms with Crippen LogP contribution < -0.4 is 0 Å². The van der Waals surface area contributed by atoms with Gasteiger partial charge in [-0.15, -0.1) is 0 Å². The summed E-state index contributed by atoms with van der Waals surface area (Å²) >= 11 is 5.02. The second kappa shape index (κ2) is 5.09. The van der Waals surface area contributed by atoms with Crippen molar-refractivity contribution in [2.45, 2.75) is 12.8 Å². The fourth-order valence-electron chi connectivity index (χ4n) is 1.36. The lowest BCUT2D eigenvalue weighted by Crippen LogP contribution is -2.08. The quantitative estimate of drug-likeness (QED) is 0.593. The number of nitrogens with zero attached hydrogens (tertiary/aromatic N) is 1. The van der Waals surface area contributed by atoms with Crippen molar-refractivity contribution < 1.29 is 14.6 Å². The van der Waals surface area contributed by atoms with Crippen molar-refractivity contribution in [2.24, 2.45) is 7.05 Å². The summed E-state index contributed by atoms with van der Waals surface area (Å²) in [5.41, 5.74) is 1.14. The lowest BCUT2D eigenvalue weighted by Gasteiger charge is -2.03. The zero-order valence-corrected chi connectivity index (χ0v) is 9.56. The number of esters is 1. The maximum atomic E-state index is 11.4. The number of aliphatic hydroxyl groups excluding tert-OH is 1. The first kappa shape index (κ1) is 11.9. The standard InChI is InChI=1S/C9H14N2O3S/c1-11-6(4-3-5-12)7(8(13)14-2)10-9(11)15/h12H,3-5H2,1-2H3,(H,10,15). The predicted octanol–water partition coefficient (Wildman–Crippen LogP) is 0.794. The van der Waals surface area contributed by atoms with E-state index in [1.54, 1.807) is 11.6 Å². The smallest absolute Gasteiger partial charge is 0.356 e. The van der Waals surface area contributed by atoms with E-state index in [-0.39, 0.29) is 6.61 Å². The number of hydrogen-bond donors (Lipinski definition) is 2. The van der Waals surface area contributed by atoms with Gasteiger partial charge in [-0.1, -0.05) is 0 Å². The number of H-pyrrole nitrogens is 1. The first-order valence-corrected chi connectivity index (χ1v) is 4.99. The minimum atomic E-state index is -0.436. The molecule has 0 bridgehead atoms. The van der Waals surface area contributed by atoms with E-state index in [4.69, 9.17) is 17.3 Å². The molecule has 1 rings (SSSR count). The Hall–Kier alpha value is -1.14. The molecule has 84 valence electrons. The van der Waals surface area contributed by atoms with Crippen LogP contribution in [0.15, 0.2) is 0 Å². The molecule has 0 radical (unpaired) electrons. The molecule has 0 aromatic carbocycles. The number of aliphatic hydroxyl groups is 1. The molecule has 0 aliphatic carbocycles. The molecular weight excluding hydrogens is 216 g/mol. The molecule has 0 atom stereocenters. The van der Waals surface area contributed by atoms with Crippen LogP contribution >= 0.6 is 12.2 Å². The number of nitrogens with one attached hydrogen (secondary N) is 1. The minimum absolute atomic E-state index is 0.0819. The van der Waals surface area contributed by atoms with Gasteiger partial charge in [0.05, 0.1) is 12.8 Å². The van der Waals surface area contributed by atoms with Crippen molar-refractivity contribution >= 4 is 18.2 Å². The van der Waals surface area contributed by atoms with Gasteiger partial charge in [-0.05, 0) is 25.1 Å². The molecule has 1 aromatic heterocycles. The number of carbonyl (C=O) groups excluding carboxylic acids is 1. The topological polar surface area (TPSA) is 67.2 Å². The SMILES string of the molecule is COC(=O)c1[nH]c(=S)n(C)c1CCCO. The van der Waals surface area contributed by atoms with Crippen molar-refractivity contribution in [1.29, 1.82) is 0 Å². The summed E-state index contributed by atoms with van der Waals surface area (Å²) in [5.74, 6) is -0.436. The number of aromatic nitrogens is 2. The fourth-order valence-corrected chi connectivity index (χ4v) is 1.58. The Kier molecular flexibility index (Phi) is 4.05. The average Bonchev–Trinajstić information content (AvgIpc) is 2.52. The summed E-state index contributed by atoms with van der Waals surface area (Å²) in [4.78, 5) is 14.2. The highest BCUT2D eigenvalue weighted by molar-refractivity contribution is 7.71. The molecule has 1 aromatic rings. The van der Waals surface area contributed by atoms with Gasteiger partial charge in [0.1, 0.15) is 5.69 Å². The number of methoxy groups -OCH3 is 1. The van der Waals surface area contributed by atoms with Crippen LogP contribution in [0.25, 0.3) is 0 Å². The monoisotopic (exact) mass is 230 g/mol. The number of imidazole rings is 1. The van der Waals surface area contributed by atoms with E-state index < -0.39 is 5.97 Å². The maximum absolute atomic E-state index is 11.4. The highest BCUT2D eigenvalue weighted by Gasteiger charge is 2.16. The van der Waals surface area contributed by atoms with Gasteiger partial charge >= 0.3 is 5.97 Å². The van der Waals surface area contributed by atoms with E-state index in [1.165, 1.54) is 7.11 Å². The van der Waals surface area contributed by atoms with Crippen LogP contribution in [-0.2, 0) is 18.2 Å². The summed E-state index contributed by atoms with van der Waals surface area (Å²) < 4.78 is 6.83. The molecule has 2 N–H and O–H groups in total. The molecule has 15 heavy (non-hydrogen) atoms. The number of hydrogen-bond acceptors (Lipinski definition) is 4. The van der Waals surface area contributed by atoms with Crippen molar-refractivity contribution in [2.75, 3.05) is 13.7 Å². The minimum Gasteiger partial charge on any atom is -0.464 e. The van der Waals surface area contributed by atoms with Gasteiger partial charge in [0.2, 0.25) is 0 Å². The fraction of sp³-hybridized carbons (Fsp3) is 0.556. The Bertz CT molecular complexity index is 408. The van der Waals surface area contributed by atoms with Gasteiger partial charge < -0.3 is 19.4 Å². The van der Waals surface area contributed by atoms with Gasteiger partial charge in [0.25, 0.3) is 0 Å². The van der Waals surface area contributed by atoms with Gasteiger partial charge in [-0.3, -0.25) is 0 Å². The van der Waals surface area contributed by atoms with Crippen molar-refractivity contribution in [1.82, 2.24) is 9.55 Å². The molecule has 6 heteroatoms. The third-order valence-electron chi connectivity index (χ3n) is 2.19. The zero-order chi connectivity index (χ0) is 11.4. The highest BCUT2D eigenvalue weighted by atomic mass is 32.1. The Morgan fingerprint density at radius 1 is 1.67 bits per heavy atom. The van der Waals surface area contributed by atoms with Crippen molar-refractivity contribution in [3.05, 3.63) is 16.2 Å². The first-order chi connectivity index (χ1) is 7.11. The molecule has 0 amide bonds. The predicted molar refractivity (Wildman–Crippen MR) is 57.3 cm³/mol. The normalized spacial score (nSPS) is 10.3. The van der Waals surface area contributed by atoms with Crippen molar-refractivity contribution in [3.8, 4) is 0 Å². The number of aromatic amines is 1. The van der Waals surface area contributed by atoms with Crippen LogP contribution in [0, 0.1) is 4.77 Å². The van der Waals surface area contributed by atoms with E-state index in [0.29, 0.717) is 23.3 Å². The molecule has 1 heterocycles. The van der Waals surface area contributed by atoms with Gasteiger partial charge in [0.15, 0.2) is 4.77 Å². The lowest BCUT2D eigenvalue weighted by molar-refractivity contribution is 0.0593. The lowest BCUT2D eigenvalue weighted by atomic mass is 10.2. The Morgan fingerprint density at radius 2 is 2.33 bits per heavy atom. The molecule has 5 nitrogen and oxygen atoms in total. The van der Waals surface area contributed by atoms with E-state index in [1.807, 2.05) is 0 Å². The molecule has 0 saturated carbocycles. The first-order valence-electron chi connectivity index (χ1n) is 4.58. The Labute approximate surface area is 92.7 Å². The van der Waals surface area contributed by atoms with E-state index in [2.05, 4.69) is 9.72 Å².